The first-order valence-electron chi connectivity index (χ1n) is 9.00. The van der Waals surface area contributed by atoms with Gasteiger partial charge in [-0.25, -0.2) is 13.1 Å². The predicted octanol–water partition coefficient (Wildman–Crippen LogP) is 4.20. The number of rotatable bonds is 4. The largest absolute Gasteiger partial charge is 0.496 e. The molecule has 2 aromatic rings. The number of hydrogen-bond acceptors (Lipinski definition) is 4. The summed E-state index contributed by atoms with van der Waals surface area (Å²) in [7, 11) is -2.12. The van der Waals surface area contributed by atoms with Crippen molar-refractivity contribution in [3.05, 3.63) is 52.6 Å². The van der Waals surface area contributed by atoms with Crippen LogP contribution in [0, 0.1) is 20.8 Å². The van der Waals surface area contributed by atoms with Crippen molar-refractivity contribution in [3.63, 3.8) is 0 Å². The van der Waals surface area contributed by atoms with Crippen LogP contribution in [0.25, 0.3) is 0 Å². The molecule has 0 radical (unpaired) electrons. The maximum atomic E-state index is 13.2. The van der Waals surface area contributed by atoms with Crippen LogP contribution in [0.3, 0.4) is 0 Å². The summed E-state index contributed by atoms with van der Waals surface area (Å²) >= 11 is 0. The van der Waals surface area contributed by atoms with Gasteiger partial charge in [-0.1, -0.05) is 17.7 Å². The summed E-state index contributed by atoms with van der Waals surface area (Å²) in [6, 6.07) is 8.83. The zero-order valence-electron chi connectivity index (χ0n) is 16.7. The van der Waals surface area contributed by atoms with Gasteiger partial charge in [0.15, 0.2) is 0 Å². The van der Waals surface area contributed by atoms with Gasteiger partial charge in [0.1, 0.15) is 17.1 Å². The van der Waals surface area contributed by atoms with Crippen molar-refractivity contribution in [2.75, 3.05) is 7.11 Å². The topological polar surface area (TPSA) is 64.6 Å². The minimum atomic E-state index is -3.70. The zero-order chi connectivity index (χ0) is 20.0. The van der Waals surface area contributed by atoms with Gasteiger partial charge in [0.25, 0.3) is 0 Å². The van der Waals surface area contributed by atoms with Gasteiger partial charge in [-0.15, -0.1) is 0 Å². The Kier molecular flexibility index (Phi) is 4.99. The minimum absolute atomic E-state index is 0.277. The second kappa shape index (κ2) is 6.84. The summed E-state index contributed by atoms with van der Waals surface area (Å²) in [5, 5.41) is 0. The lowest BCUT2D eigenvalue weighted by Crippen LogP contribution is -2.41. The molecule has 1 aliphatic rings. The highest BCUT2D eigenvalue weighted by atomic mass is 32.2. The second-order valence-corrected chi connectivity index (χ2v) is 9.48. The fourth-order valence-electron chi connectivity index (χ4n) is 3.61. The Labute approximate surface area is 161 Å². The van der Waals surface area contributed by atoms with E-state index in [0.717, 1.165) is 22.4 Å². The van der Waals surface area contributed by atoms with Crippen LogP contribution in [0.1, 0.15) is 48.6 Å². The molecule has 0 bridgehead atoms. The lowest BCUT2D eigenvalue weighted by atomic mass is 9.89. The molecule has 146 valence electrons. The quantitative estimate of drug-likeness (QED) is 0.851. The van der Waals surface area contributed by atoms with Crippen LogP contribution in [-0.2, 0) is 10.0 Å². The highest BCUT2D eigenvalue weighted by Crippen LogP contribution is 2.41. The maximum Gasteiger partial charge on any atom is 0.241 e. The Hall–Kier alpha value is -2.05. The molecule has 2 aromatic carbocycles. The summed E-state index contributed by atoms with van der Waals surface area (Å²) in [6.07, 6.45) is 0.552. The summed E-state index contributed by atoms with van der Waals surface area (Å²) in [4.78, 5) is 0.277. The van der Waals surface area contributed by atoms with Gasteiger partial charge in [0, 0.05) is 12.0 Å². The van der Waals surface area contributed by atoms with Crippen LogP contribution < -0.4 is 14.2 Å². The molecule has 0 unspecified atom stereocenters. The van der Waals surface area contributed by atoms with E-state index in [0.29, 0.717) is 17.7 Å². The molecule has 0 saturated carbocycles. The van der Waals surface area contributed by atoms with Crippen molar-refractivity contribution < 1.29 is 17.9 Å². The van der Waals surface area contributed by atoms with Crippen molar-refractivity contribution in [2.45, 2.75) is 57.6 Å². The first kappa shape index (κ1) is 19.7. The van der Waals surface area contributed by atoms with E-state index in [1.54, 1.807) is 26.2 Å². The monoisotopic (exact) mass is 389 g/mol. The van der Waals surface area contributed by atoms with Gasteiger partial charge in [0.2, 0.25) is 10.0 Å². The Morgan fingerprint density at radius 3 is 2.48 bits per heavy atom. The van der Waals surface area contributed by atoms with E-state index in [1.807, 2.05) is 45.9 Å². The van der Waals surface area contributed by atoms with E-state index in [-0.39, 0.29) is 10.9 Å². The fraction of sp³-hybridized carbons (Fsp3) is 0.429. The molecule has 5 nitrogen and oxygen atoms in total. The third-order valence-electron chi connectivity index (χ3n) is 5.12. The lowest BCUT2D eigenvalue weighted by Gasteiger charge is -2.38. The number of nitrogens with one attached hydrogen (secondary N) is 1. The molecule has 0 fully saturated rings. The molecular weight excluding hydrogens is 362 g/mol. The molecule has 27 heavy (non-hydrogen) atoms. The van der Waals surface area contributed by atoms with E-state index in [4.69, 9.17) is 9.47 Å². The summed E-state index contributed by atoms with van der Waals surface area (Å²) < 4.78 is 40.6. The molecule has 0 saturated heterocycles. The molecular formula is C21H27NO4S. The zero-order valence-corrected chi connectivity index (χ0v) is 17.5. The van der Waals surface area contributed by atoms with Crippen LogP contribution in [0.2, 0.25) is 0 Å². The fourth-order valence-corrected chi connectivity index (χ4v) is 5.13. The van der Waals surface area contributed by atoms with Crippen molar-refractivity contribution in [1.82, 2.24) is 4.72 Å². The van der Waals surface area contributed by atoms with Crippen molar-refractivity contribution in [3.8, 4) is 11.5 Å². The third-order valence-corrected chi connectivity index (χ3v) is 6.73. The second-order valence-electron chi connectivity index (χ2n) is 7.80. The number of hydrogen-bond donors (Lipinski definition) is 1. The Bertz CT molecular complexity index is 980. The Morgan fingerprint density at radius 2 is 1.81 bits per heavy atom. The molecule has 0 amide bonds. The Morgan fingerprint density at radius 1 is 1.11 bits per heavy atom. The summed E-state index contributed by atoms with van der Waals surface area (Å²) in [6.45, 7) is 9.60. The first-order valence-corrected chi connectivity index (χ1v) is 10.5. The lowest BCUT2D eigenvalue weighted by molar-refractivity contribution is 0.0701. The molecule has 1 aliphatic heterocycles. The van der Waals surface area contributed by atoms with E-state index in [2.05, 4.69) is 4.72 Å². The molecule has 1 N–H and O–H groups in total. The van der Waals surface area contributed by atoms with Crippen LogP contribution >= 0.6 is 0 Å². The SMILES string of the molecule is COc1ccc(S(=O)(=O)N[C@H]2CC(C)(C)Oc3ccc(C)cc32)c(C)c1C. The minimum Gasteiger partial charge on any atom is -0.496 e. The van der Waals surface area contributed by atoms with E-state index < -0.39 is 15.6 Å². The molecule has 0 aromatic heterocycles. The molecule has 0 spiro atoms. The summed E-state index contributed by atoms with van der Waals surface area (Å²) in [5.41, 5.74) is 3.00. The summed E-state index contributed by atoms with van der Waals surface area (Å²) in [5.74, 6) is 1.41. The predicted molar refractivity (Wildman–Crippen MR) is 106 cm³/mol. The van der Waals surface area contributed by atoms with Crippen LogP contribution in [0.5, 0.6) is 11.5 Å². The molecule has 1 heterocycles. The van der Waals surface area contributed by atoms with Crippen molar-refractivity contribution in [1.29, 1.82) is 0 Å². The normalized spacial score (nSPS) is 18.5. The smallest absolute Gasteiger partial charge is 0.241 e. The van der Waals surface area contributed by atoms with Gasteiger partial charge < -0.3 is 9.47 Å². The van der Waals surface area contributed by atoms with Crippen LogP contribution in [0.15, 0.2) is 35.2 Å². The van der Waals surface area contributed by atoms with Gasteiger partial charge >= 0.3 is 0 Å². The number of fused-ring (bicyclic) bond motifs is 1. The number of benzene rings is 2. The van der Waals surface area contributed by atoms with Gasteiger partial charge in [-0.2, -0.15) is 0 Å². The molecule has 3 rings (SSSR count). The first-order chi connectivity index (χ1) is 12.5. The highest BCUT2D eigenvalue weighted by molar-refractivity contribution is 7.89. The molecule has 0 aliphatic carbocycles. The van der Waals surface area contributed by atoms with Crippen LogP contribution in [0.4, 0.5) is 0 Å². The van der Waals surface area contributed by atoms with Crippen LogP contribution in [-0.4, -0.2) is 21.1 Å². The third kappa shape index (κ3) is 3.82. The van der Waals surface area contributed by atoms with Gasteiger partial charge in [-0.3, -0.25) is 0 Å². The van der Waals surface area contributed by atoms with E-state index >= 15 is 0 Å². The van der Waals surface area contributed by atoms with Gasteiger partial charge in [-0.05, 0) is 63.9 Å². The van der Waals surface area contributed by atoms with Crippen molar-refractivity contribution >= 4 is 10.0 Å². The van der Waals surface area contributed by atoms with E-state index in [1.165, 1.54) is 0 Å². The number of sulfonamides is 1. The van der Waals surface area contributed by atoms with E-state index in [9.17, 15) is 8.42 Å². The highest BCUT2D eigenvalue weighted by Gasteiger charge is 2.36. The number of methoxy groups -OCH3 is 1. The standard InChI is InChI=1S/C21H27NO4S/c1-13-7-8-19-16(11-13)17(12-21(4,5)26-19)22-27(23,24)20-10-9-18(25-6)14(2)15(20)3/h7-11,17,22H,12H2,1-6H3/t17-/m0/s1. The number of ether oxygens (including phenoxy) is 2. The maximum absolute atomic E-state index is 13.2. The van der Waals surface area contributed by atoms with Gasteiger partial charge in [0.05, 0.1) is 18.0 Å². The molecule has 1 atom stereocenters. The Balaban J connectivity index is 2.02. The average Bonchev–Trinajstić information content (AvgIpc) is 2.56. The average molecular weight is 390 g/mol. The number of aryl methyl sites for hydroxylation is 1. The molecule has 6 heteroatoms. The van der Waals surface area contributed by atoms with Crippen molar-refractivity contribution in [2.24, 2.45) is 0 Å².